The van der Waals surface area contributed by atoms with E-state index in [0.717, 1.165) is 25.4 Å². The number of anilines is 1. The van der Waals surface area contributed by atoms with E-state index in [1.54, 1.807) is 0 Å². The zero-order chi connectivity index (χ0) is 22.6. The lowest BCUT2D eigenvalue weighted by Crippen LogP contribution is -2.46. The second-order valence-corrected chi connectivity index (χ2v) is 9.24. The second-order valence-electron chi connectivity index (χ2n) is 9.24. The fourth-order valence-corrected chi connectivity index (χ4v) is 5.52. The van der Waals surface area contributed by atoms with Gasteiger partial charge in [-0.25, -0.2) is 4.79 Å². The molecule has 5 nitrogen and oxygen atoms in total. The summed E-state index contributed by atoms with van der Waals surface area (Å²) in [5, 5.41) is 9.99. The maximum atomic E-state index is 12.2. The Hall–Kier alpha value is -3.31. The lowest BCUT2D eigenvalue weighted by molar-refractivity contribution is 0.105. The highest BCUT2D eigenvalue weighted by Gasteiger charge is 2.43. The first-order chi connectivity index (χ1) is 16.2. The number of nitrogens with zero attached hydrogens (tertiary/aromatic N) is 2. The van der Waals surface area contributed by atoms with Crippen molar-refractivity contribution in [2.24, 2.45) is 17.8 Å². The Morgan fingerprint density at radius 1 is 0.848 bits per heavy atom. The second kappa shape index (κ2) is 9.67. The van der Waals surface area contributed by atoms with Gasteiger partial charge in [-0.1, -0.05) is 48.5 Å². The van der Waals surface area contributed by atoms with Crippen LogP contribution in [0, 0.1) is 17.8 Å². The fourth-order valence-electron chi connectivity index (χ4n) is 5.52. The van der Waals surface area contributed by atoms with Crippen molar-refractivity contribution in [2.45, 2.75) is 19.4 Å². The Balaban J connectivity index is 1.24. The van der Waals surface area contributed by atoms with Crippen LogP contribution in [0.15, 0.2) is 84.9 Å². The number of amides is 1. The minimum Gasteiger partial charge on any atom is -0.465 e. The van der Waals surface area contributed by atoms with Gasteiger partial charge in [0.1, 0.15) is 11.5 Å². The Labute approximate surface area is 195 Å². The third kappa shape index (κ3) is 5.04. The molecule has 5 rings (SSSR count). The highest BCUT2D eigenvalue weighted by atomic mass is 16.5. The first-order valence-corrected chi connectivity index (χ1v) is 11.8. The number of carboxylic acid groups (broad SMARTS) is 1. The summed E-state index contributed by atoms with van der Waals surface area (Å²) in [6.45, 7) is 3.63. The molecule has 0 aromatic heterocycles. The maximum absolute atomic E-state index is 12.2. The van der Waals surface area contributed by atoms with Crippen LogP contribution in [0.4, 0.5) is 10.5 Å². The van der Waals surface area contributed by atoms with E-state index in [1.165, 1.54) is 23.3 Å². The van der Waals surface area contributed by atoms with Crippen molar-refractivity contribution >= 4 is 11.8 Å². The molecule has 1 saturated carbocycles. The molecular formula is C28H30N2O3. The zero-order valence-electron chi connectivity index (χ0n) is 18.7. The molecule has 170 valence electrons. The van der Waals surface area contributed by atoms with Crippen LogP contribution in [0.3, 0.4) is 0 Å². The van der Waals surface area contributed by atoms with Crippen LogP contribution < -0.4 is 9.64 Å². The zero-order valence-corrected chi connectivity index (χ0v) is 18.7. The molecule has 5 heteroatoms. The number of hydrogen-bond donors (Lipinski definition) is 1. The molecule has 2 atom stereocenters. The molecule has 33 heavy (non-hydrogen) atoms. The van der Waals surface area contributed by atoms with Crippen LogP contribution in [0.25, 0.3) is 0 Å². The van der Waals surface area contributed by atoms with Crippen LogP contribution in [0.1, 0.15) is 18.4 Å². The summed E-state index contributed by atoms with van der Waals surface area (Å²) in [4.78, 5) is 16.2. The van der Waals surface area contributed by atoms with Gasteiger partial charge < -0.3 is 9.84 Å². The van der Waals surface area contributed by atoms with E-state index in [9.17, 15) is 9.90 Å². The van der Waals surface area contributed by atoms with Crippen LogP contribution in [-0.4, -0.2) is 35.7 Å². The number of piperidine rings is 1. The van der Waals surface area contributed by atoms with E-state index < -0.39 is 6.09 Å². The monoisotopic (exact) mass is 442 g/mol. The molecule has 1 aliphatic heterocycles. The number of ether oxygens (including phenoxy) is 1. The van der Waals surface area contributed by atoms with Crippen molar-refractivity contribution in [3.05, 3.63) is 90.5 Å². The fraction of sp³-hybridized carbons (Fsp3) is 0.321. The van der Waals surface area contributed by atoms with Crippen LogP contribution in [0.5, 0.6) is 11.5 Å². The summed E-state index contributed by atoms with van der Waals surface area (Å²) in [6.07, 6.45) is 1.49. The number of carbonyl (C=O) groups is 1. The van der Waals surface area contributed by atoms with E-state index in [4.69, 9.17) is 4.74 Å². The van der Waals surface area contributed by atoms with Crippen molar-refractivity contribution in [1.29, 1.82) is 0 Å². The molecule has 2 bridgehead atoms. The molecule has 2 unspecified atom stereocenters. The van der Waals surface area contributed by atoms with Gasteiger partial charge >= 0.3 is 6.09 Å². The lowest BCUT2D eigenvalue weighted by atomic mass is 9.84. The minimum atomic E-state index is -0.891. The van der Waals surface area contributed by atoms with Crippen molar-refractivity contribution in [3.63, 3.8) is 0 Å². The predicted molar refractivity (Wildman–Crippen MR) is 130 cm³/mol. The van der Waals surface area contributed by atoms with Crippen LogP contribution in [-0.2, 0) is 6.54 Å². The molecule has 1 N–H and O–H groups in total. The highest BCUT2D eigenvalue weighted by Crippen LogP contribution is 2.43. The summed E-state index contributed by atoms with van der Waals surface area (Å²) in [5.74, 6) is 2.97. The number of fused-ring (bicyclic) bond motifs is 2. The largest absolute Gasteiger partial charge is 0.465 e. The van der Waals surface area contributed by atoms with Gasteiger partial charge in [0.15, 0.2) is 0 Å². The molecule has 2 aliphatic rings. The van der Waals surface area contributed by atoms with E-state index in [1.807, 2.05) is 54.6 Å². The first-order valence-electron chi connectivity index (χ1n) is 11.8. The molecule has 1 heterocycles. The lowest BCUT2D eigenvalue weighted by Gasteiger charge is -2.39. The summed E-state index contributed by atoms with van der Waals surface area (Å²) in [6, 6.07) is 27.6. The van der Waals surface area contributed by atoms with Gasteiger partial charge in [0, 0.05) is 31.9 Å². The van der Waals surface area contributed by atoms with Gasteiger partial charge in [-0.15, -0.1) is 0 Å². The van der Waals surface area contributed by atoms with E-state index in [2.05, 4.69) is 35.2 Å². The SMILES string of the molecule is O=C(O)N(CC1C2CCC1CN(Cc1ccccc1)C2)c1ccc(Oc2ccccc2)cc1. The molecule has 0 spiro atoms. The Kier molecular flexibility index (Phi) is 6.31. The Morgan fingerprint density at radius 3 is 2.03 bits per heavy atom. The molecule has 1 saturated heterocycles. The molecule has 1 aliphatic carbocycles. The number of likely N-dealkylation sites (tertiary alicyclic amines) is 1. The number of para-hydroxylation sites is 1. The maximum Gasteiger partial charge on any atom is 0.411 e. The third-order valence-electron chi connectivity index (χ3n) is 7.11. The van der Waals surface area contributed by atoms with E-state index >= 15 is 0 Å². The van der Waals surface area contributed by atoms with Crippen molar-refractivity contribution in [3.8, 4) is 11.5 Å². The Bertz CT molecular complexity index is 1040. The Morgan fingerprint density at radius 2 is 1.42 bits per heavy atom. The normalized spacial score (nSPS) is 22.1. The minimum absolute atomic E-state index is 0.411. The molecule has 2 fully saturated rings. The van der Waals surface area contributed by atoms with Gasteiger partial charge in [0.05, 0.1) is 0 Å². The van der Waals surface area contributed by atoms with Gasteiger partial charge in [0.25, 0.3) is 0 Å². The predicted octanol–water partition coefficient (Wildman–Crippen LogP) is 6.12. The van der Waals surface area contributed by atoms with Gasteiger partial charge in [-0.05, 0) is 72.6 Å². The quantitative estimate of drug-likeness (QED) is 0.479. The first kappa shape index (κ1) is 21.5. The van der Waals surface area contributed by atoms with Gasteiger partial charge in [0.2, 0.25) is 0 Å². The average molecular weight is 443 g/mol. The summed E-state index contributed by atoms with van der Waals surface area (Å²) in [7, 11) is 0. The molecule has 0 radical (unpaired) electrons. The number of hydrogen-bond acceptors (Lipinski definition) is 3. The summed E-state index contributed by atoms with van der Waals surface area (Å²) >= 11 is 0. The standard InChI is InChI=1S/C28H30N2O3/c31-28(32)30(24-13-15-26(16-14-24)33-25-9-5-2-6-10-25)20-27-22-11-12-23(27)19-29(18-22)17-21-7-3-1-4-8-21/h1-10,13-16,22-23,27H,11-12,17-20H2,(H,31,32). The van der Waals surface area contributed by atoms with Crippen molar-refractivity contribution in [2.75, 3.05) is 24.5 Å². The van der Waals surface area contributed by atoms with Crippen LogP contribution in [0.2, 0.25) is 0 Å². The van der Waals surface area contributed by atoms with E-state index in [-0.39, 0.29) is 0 Å². The third-order valence-corrected chi connectivity index (χ3v) is 7.11. The van der Waals surface area contributed by atoms with Gasteiger partial charge in [-0.3, -0.25) is 9.80 Å². The van der Waals surface area contributed by atoms with Crippen molar-refractivity contribution < 1.29 is 14.6 Å². The number of rotatable bonds is 7. The topological polar surface area (TPSA) is 53.0 Å². The molecular weight excluding hydrogens is 412 g/mol. The van der Waals surface area contributed by atoms with Gasteiger partial charge in [-0.2, -0.15) is 0 Å². The van der Waals surface area contributed by atoms with Crippen LogP contribution >= 0.6 is 0 Å². The molecule has 1 amide bonds. The number of benzene rings is 3. The smallest absolute Gasteiger partial charge is 0.411 e. The van der Waals surface area contributed by atoms with E-state index in [0.29, 0.717) is 35.7 Å². The highest BCUT2D eigenvalue weighted by molar-refractivity contribution is 5.86. The summed E-state index contributed by atoms with van der Waals surface area (Å²) < 4.78 is 5.86. The molecule has 3 aromatic rings. The average Bonchev–Trinajstić information content (AvgIpc) is 3.06. The van der Waals surface area contributed by atoms with Crippen molar-refractivity contribution in [1.82, 2.24) is 4.90 Å². The molecule has 3 aromatic carbocycles. The summed E-state index contributed by atoms with van der Waals surface area (Å²) in [5.41, 5.74) is 2.05.